The SMILES string of the molecule is COc1cc(CNC(=O)CSc2ccc(Br)cc2)ccc1OCc1ccncc1. The van der Waals surface area contributed by atoms with Crippen LogP contribution in [0.1, 0.15) is 11.1 Å². The fourth-order valence-corrected chi connectivity index (χ4v) is 3.51. The lowest BCUT2D eigenvalue weighted by Crippen LogP contribution is -2.24. The number of aromatic nitrogens is 1. The molecular weight excluding hydrogens is 452 g/mol. The summed E-state index contributed by atoms with van der Waals surface area (Å²) in [6.45, 7) is 0.864. The van der Waals surface area contributed by atoms with Crippen molar-refractivity contribution in [3.8, 4) is 11.5 Å². The van der Waals surface area contributed by atoms with Crippen molar-refractivity contribution in [1.29, 1.82) is 0 Å². The zero-order chi connectivity index (χ0) is 20.5. The summed E-state index contributed by atoms with van der Waals surface area (Å²) in [5, 5.41) is 2.94. The Bertz CT molecular complexity index is 937. The smallest absolute Gasteiger partial charge is 0.230 e. The highest BCUT2D eigenvalue weighted by Gasteiger charge is 2.08. The van der Waals surface area contributed by atoms with E-state index in [4.69, 9.17) is 9.47 Å². The molecule has 0 aliphatic carbocycles. The van der Waals surface area contributed by atoms with Gasteiger partial charge in [-0.15, -0.1) is 11.8 Å². The second kappa shape index (κ2) is 10.9. The first-order valence-electron chi connectivity index (χ1n) is 8.98. The standard InChI is InChI=1S/C22H21BrN2O3S/c1-27-21-12-17(2-7-20(21)28-14-16-8-10-24-11-9-16)13-25-22(26)15-29-19-5-3-18(23)4-6-19/h2-12H,13-15H2,1H3,(H,25,26). The number of ether oxygens (including phenoxy) is 2. The number of pyridine rings is 1. The molecule has 150 valence electrons. The first kappa shape index (κ1) is 21.2. The van der Waals surface area contributed by atoms with Crippen LogP contribution in [0.3, 0.4) is 0 Å². The number of hydrogen-bond donors (Lipinski definition) is 1. The zero-order valence-electron chi connectivity index (χ0n) is 15.9. The van der Waals surface area contributed by atoms with E-state index in [1.54, 1.807) is 19.5 Å². The summed E-state index contributed by atoms with van der Waals surface area (Å²) < 4.78 is 12.3. The summed E-state index contributed by atoms with van der Waals surface area (Å²) in [4.78, 5) is 17.2. The van der Waals surface area contributed by atoms with E-state index in [2.05, 4.69) is 26.2 Å². The number of halogens is 1. The summed E-state index contributed by atoms with van der Waals surface area (Å²) in [5.41, 5.74) is 1.97. The van der Waals surface area contributed by atoms with Crippen LogP contribution in [0.5, 0.6) is 11.5 Å². The molecule has 0 saturated carbocycles. The van der Waals surface area contributed by atoms with Crippen molar-refractivity contribution in [1.82, 2.24) is 10.3 Å². The van der Waals surface area contributed by atoms with Gasteiger partial charge in [0.15, 0.2) is 11.5 Å². The molecule has 0 aliphatic rings. The van der Waals surface area contributed by atoms with Crippen molar-refractivity contribution in [3.05, 3.63) is 82.6 Å². The lowest BCUT2D eigenvalue weighted by molar-refractivity contribution is -0.118. The van der Waals surface area contributed by atoms with Gasteiger partial charge in [0.2, 0.25) is 5.91 Å². The van der Waals surface area contributed by atoms with Crippen molar-refractivity contribution in [2.24, 2.45) is 0 Å². The molecular formula is C22H21BrN2O3S. The minimum absolute atomic E-state index is 0.0186. The van der Waals surface area contributed by atoms with Crippen molar-refractivity contribution < 1.29 is 14.3 Å². The van der Waals surface area contributed by atoms with Gasteiger partial charge in [-0.1, -0.05) is 22.0 Å². The molecule has 0 bridgehead atoms. The van der Waals surface area contributed by atoms with Crippen LogP contribution >= 0.6 is 27.7 Å². The number of carbonyl (C=O) groups is 1. The molecule has 3 rings (SSSR count). The Morgan fingerprint density at radius 1 is 1.03 bits per heavy atom. The second-order valence-electron chi connectivity index (χ2n) is 6.15. The van der Waals surface area contributed by atoms with Crippen molar-refractivity contribution in [2.75, 3.05) is 12.9 Å². The first-order chi connectivity index (χ1) is 14.1. The topological polar surface area (TPSA) is 60.5 Å². The van der Waals surface area contributed by atoms with E-state index < -0.39 is 0 Å². The molecule has 5 nitrogen and oxygen atoms in total. The van der Waals surface area contributed by atoms with Crippen LogP contribution in [-0.2, 0) is 17.9 Å². The predicted molar refractivity (Wildman–Crippen MR) is 118 cm³/mol. The molecule has 1 aromatic heterocycles. The molecule has 1 heterocycles. The Morgan fingerprint density at radius 3 is 2.52 bits per heavy atom. The Morgan fingerprint density at radius 2 is 1.79 bits per heavy atom. The highest BCUT2D eigenvalue weighted by atomic mass is 79.9. The van der Waals surface area contributed by atoms with Crippen LogP contribution in [0.4, 0.5) is 0 Å². The maximum atomic E-state index is 12.1. The molecule has 0 aliphatic heterocycles. The van der Waals surface area contributed by atoms with Crippen LogP contribution in [0, 0.1) is 0 Å². The molecule has 0 fully saturated rings. The molecule has 3 aromatic rings. The number of nitrogens with one attached hydrogen (secondary N) is 1. The molecule has 1 N–H and O–H groups in total. The van der Waals surface area contributed by atoms with Gasteiger partial charge in [-0.05, 0) is 59.7 Å². The van der Waals surface area contributed by atoms with Gasteiger partial charge in [0.1, 0.15) is 6.61 Å². The van der Waals surface area contributed by atoms with Gasteiger partial charge in [-0.2, -0.15) is 0 Å². The molecule has 0 radical (unpaired) electrons. The average molecular weight is 473 g/mol. The predicted octanol–water partition coefficient (Wildman–Crippen LogP) is 4.84. The number of thioether (sulfide) groups is 1. The van der Waals surface area contributed by atoms with E-state index in [1.165, 1.54) is 11.8 Å². The summed E-state index contributed by atoms with van der Waals surface area (Å²) in [5.74, 6) is 1.64. The van der Waals surface area contributed by atoms with Crippen LogP contribution < -0.4 is 14.8 Å². The van der Waals surface area contributed by atoms with E-state index in [9.17, 15) is 4.79 Å². The molecule has 29 heavy (non-hydrogen) atoms. The number of amides is 1. The molecule has 2 aromatic carbocycles. The van der Waals surface area contributed by atoms with Gasteiger partial charge in [-0.25, -0.2) is 0 Å². The minimum Gasteiger partial charge on any atom is -0.493 e. The van der Waals surface area contributed by atoms with Crippen LogP contribution in [0.15, 0.2) is 76.4 Å². The number of benzene rings is 2. The van der Waals surface area contributed by atoms with Gasteiger partial charge < -0.3 is 14.8 Å². The molecule has 0 atom stereocenters. The number of rotatable bonds is 9. The molecule has 0 spiro atoms. The van der Waals surface area contributed by atoms with E-state index in [0.717, 1.165) is 20.5 Å². The van der Waals surface area contributed by atoms with Crippen molar-refractivity contribution in [3.63, 3.8) is 0 Å². The van der Waals surface area contributed by atoms with Crippen molar-refractivity contribution >= 4 is 33.6 Å². The Labute approximate surface area is 183 Å². The summed E-state index contributed by atoms with van der Waals surface area (Å²) in [7, 11) is 1.60. The Balaban J connectivity index is 1.50. The van der Waals surface area contributed by atoms with Gasteiger partial charge in [0, 0.05) is 28.3 Å². The first-order valence-corrected chi connectivity index (χ1v) is 10.8. The Hall–Kier alpha value is -2.51. The van der Waals surface area contributed by atoms with E-state index >= 15 is 0 Å². The van der Waals surface area contributed by atoms with Gasteiger partial charge in [0.05, 0.1) is 12.9 Å². The third kappa shape index (κ3) is 6.80. The second-order valence-corrected chi connectivity index (χ2v) is 8.11. The van der Waals surface area contributed by atoms with Crippen LogP contribution in [-0.4, -0.2) is 23.8 Å². The fourth-order valence-electron chi connectivity index (χ4n) is 2.51. The third-order valence-electron chi connectivity index (χ3n) is 4.04. The molecule has 0 unspecified atom stereocenters. The monoisotopic (exact) mass is 472 g/mol. The zero-order valence-corrected chi connectivity index (χ0v) is 18.3. The fraction of sp³-hybridized carbons (Fsp3) is 0.182. The normalized spacial score (nSPS) is 10.4. The molecule has 1 amide bonds. The lowest BCUT2D eigenvalue weighted by Gasteiger charge is -2.13. The van der Waals surface area contributed by atoms with Gasteiger partial charge in [-0.3, -0.25) is 9.78 Å². The van der Waals surface area contributed by atoms with Gasteiger partial charge in [0.25, 0.3) is 0 Å². The summed E-state index contributed by atoms with van der Waals surface area (Å²) >= 11 is 4.91. The van der Waals surface area contributed by atoms with E-state index in [1.807, 2.05) is 54.6 Å². The van der Waals surface area contributed by atoms with Crippen molar-refractivity contribution in [2.45, 2.75) is 18.0 Å². The highest BCUT2D eigenvalue weighted by molar-refractivity contribution is 9.10. The quantitative estimate of drug-likeness (QED) is 0.451. The summed E-state index contributed by atoms with van der Waals surface area (Å²) in [6.07, 6.45) is 3.47. The maximum absolute atomic E-state index is 12.1. The number of methoxy groups -OCH3 is 1. The number of carbonyl (C=O) groups excluding carboxylic acids is 1. The molecule has 7 heteroatoms. The molecule has 0 saturated heterocycles. The largest absolute Gasteiger partial charge is 0.493 e. The highest BCUT2D eigenvalue weighted by Crippen LogP contribution is 2.29. The minimum atomic E-state index is -0.0186. The van der Waals surface area contributed by atoms with E-state index in [-0.39, 0.29) is 5.91 Å². The van der Waals surface area contributed by atoms with Crippen LogP contribution in [0.25, 0.3) is 0 Å². The summed E-state index contributed by atoms with van der Waals surface area (Å²) in [6, 6.07) is 17.4. The average Bonchev–Trinajstić information content (AvgIpc) is 2.76. The third-order valence-corrected chi connectivity index (χ3v) is 5.59. The number of hydrogen-bond acceptors (Lipinski definition) is 5. The lowest BCUT2D eigenvalue weighted by atomic mass is 10.2. The maximum Gasteiger partial charge on any atom is 0.230 e. The Kier molecular flexibility index (Phi) is 7.95. The van der Waals surface area contributed by atoms with Gasteiger partial charge >= 0.3 is 0 Å². The number of nitrogens with zero attached hydrogens (tertiary/aromatic N) is 1. The van der Waals surface area contributed by atoms with E-state index in [0.29, 0.717) is 30.4 Å². The van der Waals surface area contributed by atoms with Crippen LogP contribution in [0.2, 0.25) is 0 Å².